The van der Waals surface area contributed by atoms with Crippen LogP contribution < -0.4 is 0 Å². The largest absolute Gasteiger partial charge is 0.336 e. The number of nitrogens with zero attached hydrogens (tertiary/aromatic N) is 2. The monoisotopic (exact) mass is 338 g/mol. The Balaban J connectivity index is 0.00000147. The van der Waals surface area contributed by atoms with E-state index in [1.807, 2.05) is 6.07 Å². The van der Waals surface area contributed by atoms with E-state index in [9.17, 15) is 0 Å². The van der Waals surface area contributed by atoms with Gasteiger partial charge in [0.1, 0.15) is 0 Å². The number of aryl methyl sites for hydroxylation is 3. The summed E-state index contributed by atoms with van der Waals surface area (Å²) in [6.07, 6.45) is 3.09. The minimum atomic E-state index is 0. The van der Waals surface area contributed by atoms with Crippen molar-refractivity contribution in [1.29, 1.82) is 0 Å². The van der Waals surface area contributed by atoms with Gasteiger partial charge in [0.2, 0.25) is 0 Å². The van der Waals surface area contributed by atoms with Gasteiger partial charge in [-0.25, -0.2) is 17.1 Å². The Bertz CT molecular complexity index is 727. The minimum Gasteiger partial charge on any atom is -0.336 e. The molecular formula is C17H17N2Y-. The second-order valence-corrected chi connectivity index (χ2v) is 4.98. The quantitative estimate of drug-likeness (QED) is 0.646. The van der Waals surface area contributed by atoms with Crippen molar-refractivity contribution in [2.24, 2.45) is 0 Å². The first-order valence-corrected chi connectivity index (χ1v) is 6.65. The first-order valence-electron chi connectivity index (χ1n) is 6.65. The van der Waals surface area contributed by atoms with Gasteiger partial charge in [0.25, 0.3) is 0 Å². The topological polar surface area (TPSA) is 17.3 Å². The predicted octanol–water partition coefficient (Wildman–Crippen LogP) is 3.98. The van der Waals surface area contributed by atoms with Gasteiger partial charge < -0.3 is 4.40 Å². The average molecular weight is 338 g/mol. The Morgan fingerprint density at radius 2 is 1.80 bits per heavy atom. The zero-order valence-electron chi connectivity index (χ0n) is 12.1. The maximum absolute atomic E-state index is 4.73. The zero-order chi connectivity index (χ0) is 13.4. The number of hydrogen-bond acceptors (Lipinski definition) is 1. The summed E-state index contributed by atoms with van der Waals surface area (Å²) in [6, 6.07) is 13.8. The number of pyridine rings is 1. The minimum absolute atomic E-state index is 0. The van der Waals surface area contributed by atoms with E-state index in [4.69, 9.17) is 4.98 Å². The number of rotatable bonds is 2. The summed E-state index contributed by atoms with van der Waals surface area (Å²) in [4.78, 5) is 4.73. The number of hydrogen-bond donors (Lipinski definition) is 0. The molecule has 0 atom stereocenters. The summed E-state index contributed by atoms with van der Waals surface area (Å²) in [5.41, 5.74) is 6.88. The van der Waals surface area contributed by atoms with Crippen LogP contribution in [0.3, 0.4) is 0 Å². The molecule has 0 fully saturated rings. The smallest absolute Gasteiger partial charge is 0.0904 e. The summed E-state index contributed by atoms with van der Waals surface area (Å²) >= 11 is 0. The Morgan fingerprint density at radius 1 is 1.10 bits per heavy atom. The first kappa shape index (κ1) is 15.4. The molecule has 0 saturated heterocycles. The second kappa shape index (κ2) is 6.19. The molecule has 3 rings (SSSR count). The van der Waals surface area contributed by atoms with Crippen LogP contribution in [0.5, 0.6) is 0 Å². The van der Waals surface area contributed by atoms with E-state index in [-0.39, 0.29) is 32.7 Å². The number of aromatic nitrogens is 2. The predicted molar refractivity (Wildman–Crippen MR) is 78.3 cm³/mol. The number of benzene rings is 1. The van der Waals surface area contributed by atoms with Crippen molar-refractivity contribution in [2.45, 2.75) is 27.2 Å². The average Bonchev–Trinajstić information content (AvgIpc) is 2.77. The van der Waals surface area contributed by atoms with Crippen molar-refractivity contribution < 1.29 is 32.7 Å². The van der Waals surface area contributed by atoms with Crippen LogP contribution in [0.1, 0.15) is 23.7 Å². The van der Waals surface area contributed by atoms with Crippen molar-refractivity contribution >= 4 is 5.65 Å². The number of fused-ring (bicyclic) bond motifs is 1. The molecule has 2 aromatic heterocycles. The Kier molecular flexibility index (Phi) is 4.77. The third-order valence-electron chi connectivity index (χ3n) is 3.43. The van der Waals surface area contributed by atoms with Gasteiger partial charge in [-0.15, -0.1) is 6.92 Å². The molecule has 0 spiro atoms. The Morgan fingerprint density at radius 3 is 2.45 bits per heavy atom. The molecule has 0 N–H and O–H groups in total. The molecule has 0 amide bonds. The molecule has 1 radical (unpaired) electrons. The molecule has 0 unspecified atom stereocenters. The van der Waals surface area contributed by atoms with Crippen LogP contribution in [-0.2, 0) is 39.1 Å². The Hall–Kier alpha value is -0.986. The summed E-state index contributed by atoms with van der Waals surface area (Å²) in [7, 11) is 0. The van der Waals surface area contributed by atoms with Gasteiger partial charge in [-0.05, 0) is 13.3 Å². The van der Waals surface area contributed by atoms with E-state index in [2.05, 4.69) is 61.7 Å². The normalized spacial score (nSPS) is 10.6. The van der Waals surface area contributed by atoms with Gasteiger partial charge in [0, 0.05) is 49.6 Å². The molecule has 1 aromatic carbocycles. The van der Waals surface area contributed by atoms with E-state index < -0.39 is 0 Å². The van der Waals surface area contributed by atoms with E-state index in [0.717, 1.165) is 17.8 Å². The van der Waals surface area contributed by atoms with Crippen molar-refractivity contribution in [3.8, 4) is 11.3 Å². The fraction of sp³-hybridized carbons (Fsp3) is 0.235. The van der Waals surface area contributed by atoms with E-state index in [1.54, 1.807) is 0 Å². The molecule has 0 aliphatic carbocycles. The molecule has 0 aliphatic rings. The van der Waals surface area contributed by atoms with Crippen LogP contribution in [0.25, 0.3) is 16.9 Å². The first-order chi connectivity index (χ1) is 9.19. The zero-order valence-corrected chi connectivity index (χ0v) is 15.0. The van der Waals surface area contributed by atoms with Crippen LogP contribution in [-0.4, -0.2) is 9.38 Å². The Labute approximate surface area is 145 Å². The summed E-state index contributed by atoms with van der Waals surface area (Å²) in [5.74, 6) is 0. The van der Waals surface area contributed by atoms with Gasteiger partial charge in [-0.3, -0.25) is 0 Å². The molecule has 99 valence electrons. The van der Waals surface area contributed by atoms with Gasteiger partial charge in [-0.1, -0.05) is 42.9 Å². The van der Waals surface area contributed by atoms with Crippen molar-refractivity contribution in [1.82, 2.24) is 9.38 Å². The van der Waals surface area contributed by atoms with E-state index >= 15 is 0 Å². The van der Waals surface area contributed by atoms with Crippen LogP contribution >= 0.6 is 0 Å². The maximum atomic E-state index is 4.73. The van der Waals surface area contributed by atoms with E-state index in [0.29, 0.717) is 0 Å². The molecule has 0 aliphatic heterocycles. The maximum Gasteiger partial charge on any atom is 0.0904 e. The number of imidazole rings is 1. The van der Waals surface area contributed by atoms with Gasteiger partial charge in [0.15, 0.2) is 0 Å². The van der Waals surface area contributed by atoms with Crippen LogP contribution in [0.2, 0.25) is 0 Å². The van der Waals surface area contributed by atoms with Crippen LogP contribution in [0.4, 0.5) is 0 Å². The molecule has 0 bridgehead atoms. The summed E-state index contributed by atoms with van der Waals surface area (Å²) in [6.45, 7) is 6.36. The molecular weight excluding hydrogens is 321 g/mol. The SMILES string of the molecule is CCc1c(-c2ccc(C)cc2)nc2[c-]cc(C)cn12.[Y]. The third-order valence-corrected chi connectivity index (χ3v) is 3.43. The fourth-order valence-electron chi connectivity index (χ4n) is 2.41. The fourth-order valence-corrected chi connectivity index (χ4v) is 2.41. The molecule has 20 heavy (non-hydrogen) atoms. The standard InChI is InChI=1S/C17H17N2.Y/c1-4-15-17(14-8-5-12(2)6-9-14)18-16-10-7-13(3)11-19(15)16;/h5-9,11H,4H2,1-3H3;/q-1;. The molecule has 2 heterocycles. The molecule has 3 aromatic rings. The summed E-state index contributed by atoms with van der Waals surface area (Å²) < 4.78 is 2.16. The van der Waals surface area contributed by atoms with Crippen molar-refractivity contribution in [3.63, 3.8) is 0 Å². The van der Waals surface area contributed by atoms with Crippen LogP contribution in [0.15, 0.2) is 36.5 Å². The molecule has 2 nitrogen and oxygen atoms in total. The summed E-state index contributed by atoms with van der Waals surface area (Å²) in [5, 5.41) is 0. The third kappa shape index (κ3) is 2.73. The van der Waals surface area contributed by atoms with Crippen LogP contribution in [0, 0.1) is 19.9 Å². The van der Waals surface area contributed by atoms with Gasteiger partial charge >= 0.3 is 0 Å². The van der Waals surface area contributed by atoms with Crippen molar-refractivity contribution in [3.05, 3.63) is 59.4 Å². The second-order valence-electron chi connectivity index (χ2n) is 4.98. The van der Waals surface area contributed by atoms with Gasteiger partial charge in [0.05, 0.1) is 5.69 Å². The molecule has 0 saturated carbocycles. The molecule has 3 heteroatoms. The van der Waals surface area contributed by atoms with Gasteiger partial charge in [-0.2, -0.15) is 5.56 Å². The van der Waals surface area contributed by atoms with Crippen molar-refractivity contribution in [2.75, 3.05) is 0 Å². The van der Waals surface area contributed by atoms with E-state index in [1.165, 1.54) is 22.4 Å².